The molecule has 1 heterocycles. The number of hydrogen-bond acceptors (Lipinski definition) is 3. The van der Waals surface area contributed by atoms with Gasteiger partial charge in [-0.05, 0) is 30.7 Å². The SMILES string of the molecule is C=CCN(C)c1cc(CNCCC)ccn1. The van der Waals surface area contributed by atoms with Crippen molar-refractivity contribution in [2.75, 3.05) is 25.0 Å². The summed E-state index contributed by atoms with van der Waals surface area (Å²) < 4.78 is 0. The monoisotopic (exact) mass is 219 g/mol. The van der Waals surface area contributed by atoms with E-state index in [1.165, 1.54) is 5.56 Å². The van der Waals surface area contributed by atoms with Gasteiger partial charge in [0.2, 0.25) is 0 Å². The number of nitrogens with zero attached hydrogens (tertiary/aromatic N) is 2. The van der Waals surface area contributed by atoms with Crippen molar-refractivity contribution < 1.29 is 0 Å². The second-order valence-corrected chi connectivity index (χ2v) is 3.87. The summed E-state index contributed by atoms with van der Waals surface area (Å²) in [5.74, 6) is 0.996. The summed E-state index contributed by atoms with van der Waals surface area (Å²) in [6, 6.07) is 4.17. The highest BCUT2D eigenvalue weighted by Crippen LogP contribution is 2.10. The summed E-state index contributed by atoms with van der Waals surface area (Å²) in [5, 5.41) is 3.38. The fourth-order valence-corrected chi connectivity index (χ4v) is 1.48. The molecule has 1 N–H and O–H groups in total. The third-order valence-electron chi connectivity index (χ3n) is 2.36. The number of hydrogen-bond donors (Lipinski definition) is 1. The van der Waals surface area contributed by atoms with E-state index in [0.29, 0.717) is 0 Å². The van der Waals surface area contributed by atoms with Crippen LogP contribution < -0.4 is 10.2 Å². The van der Waals surface area contributed by atoms with Gasteiger partial charge < -0.3 is 10.2 Å². The average Bonchev–Trinajstić information content (AvgIpc) is 2.30. The van der Waals surface area contributed by atoms with Gasteiger partial charge >= 0.3 is 0 Å². The van der Waals surface area contributed by atoms with Crippen LogP contribution in [0.5, 0.6) is 0 Å². The number of rotatable bonds is 7. The molecule has 1 rings (SSSR count). The summed E-state index contributed by atoms with van der Waals surface area (Å²) in [7, 11) is 2.02. The Kier molecular flexibility index (Phi) is 5.57. The molecule has 88 valence electrons. The van der Waals surface area contributed by atoms with Crippen LogP contribution in [0, 0.1) is 0 Å². The molecule has 0 amide bonds. The number of pyridine rings is 1. The lowest BCUT2D eigenvalue weighted by Gasteiger charge is -2.16. The van der Waals surface area contributed by atoms with Gasteiger partial charge in [-0.15, -0.1) is 6.58 Å². The molecule has 0 bridgehead atoms. The van der Waals surface area contributed by atoms with Crippen molar-refractivity contribution in [2.45, 2.75) is 19.9 Å². The van der Waals surface area contributed by atoms with Gasteiger partial charge in [-0.2, -0.15) is 0 Å². The predicted molar refractivity (Wildman–Crippen MR) is 69.7 cm³/mol. The van der Waals surface area contributed by atoms with Gasteiger partial charge in [0, 0.05) is 26.3 Å². The van der Waals surface area contributed by atoms with Crippen LogP contribution in [0.2, 0.25) is 0 Å². The molecule has 0 aliphatic carbocycles. The third kappa shape index (κ3) is 4.03. The first-order valence-electron chi connectivity index (χ1n) is 5.75. The minimum atomic E-state index is 0.818. The Labute approximate surface area is 98.2 Å². The van der Waals surface area contributed by atoms with Crippen molar-refractivity contribution in [3.05, 3.63) is 36.5 Å². The quantitative estimate of drug-likeness (QED) is 0.563. The van der Waals surface area contributed by atoms with Gasteiger partial charge in [0.25, 0.3) is 0 Å². The Morgan fingerprint density at radius 3 is 3.06 bits per heavy atom. The lowest BCUT2D eigenvalue weighted by molar-refractivity contribution is 0.675. The Hall–Kier alpha value is -1.35. The highest BCUT2D eigenvalue weighted by atomic mass is 15.1. The first-order valence-corrected chi connectivity index (χ1v) is 5.75. The molecule has 0 spiro atoms. The van der Waals surface area contributed by atoms with Gasteiger partial charge in [0.05, 0.1) is 0 Å². The van der Waals surface area contributed by atoms with Crippen molar-refractivity contribution in [3.8, 4) is 0 Å². The zero-order chi connectivity index (χ0) is 11.8. The molecule has 1 aromatic rings. The predicted octanol–water partition coefficient (Wildman–Crippen LogP) is 2.20. The van der Waals surface area contributed by atoms with Crippen LogP contribution in [-0.4, -0.2) is 25.1 Å². The van der Waals surface area contributed by atoms with Crippen LogP contribution in [0.25, 0.3) is 0 Å². The maximum Gasteiger partial charge on any atom is 0.128 e. The number of anilines is 1. The van der Waals surface area contributed by atoms with E-state index in [-0.39, 0.29) is 0 Å². The Morgan fingerprint density at radius 2 is 2.38 bits per heavy atom. The normalized spacial score (nSPS) is 10.1. The fourth-order valence-electron chi connectivity index (χ4n) is 1.48. The molecule has 0 aromatic carbocycles. The van der Waals surface area contributed by atoms with E-state index in [1.807, 2.05) is 25.4 Å². The first kappa shape index (κ1) is 12.7. The van der Waals surface area contributed by atoms with Gasteiger partial charge in [-0.3, -0.25) is 0 Å². The molecule has 0 radical (unpaired) electrons. The van der Waals surface area contributed by atoms with E-state index < -0.39 is 0 Å². The van der Waals surface area contributed by atoms with Crippen LogP contribution in [0.4, 0.5) is 5.82 Å². The summed E-state index contributed by atoms with van der Waals surface area (Å²) >= 11 is 0. The summed E-state index contributed by atoms with van der Waals surface area (Å²) in [4.78, 5) is 6.42. The lowest BCUT2D eigenvalue weighted by atomic mass is 10.2. The molecular formula is C13H21N3. The molecule has 0 unspecified atom stereocenters. The topological polar surface area (TPSA) is 28.2 Å². The van der Waals surface area contributed by atoms with E-state index in [1.54, 1.807) is 0 Å². The molecule has 3 heteroatoms. The lowest BCUT2D eigenvalue weighted by Crippen LogP contribution is -2.19. The van der Waals surface area contributed by atoms with Crippen molar-refractivity contribution in [1.82, 2.24) is 10.3 Å². The minimum Gasteiger partial charge on any atom is -0.356 e. The smallest absolute Gasteiger partial charge is 0.128 e. The second-order valence-electron chi connectivity index (χ2n) is 3.87. The molecular weight excluding hydrogens is 198 g/mol. The van der Waals surface area contributed by atoms with E-state index in [4.69, 9.17) is 0 Å². The van der Waals surface area contributed by atoms with Crippen molar-refractivity contribution >= 4 is 5.82 Å². The van der Waals surface area contributed by atoms with Crippen LogP contribution in [-0.2, 0) is 6.54 Å². The van der Waals surface area contributed by atoms with Gasteiger partial charge in [0.1, 0.15) is 5.82 Å². The zero-order valence-electron chi connectivity index (χ0n) is 10.2. The third-order valence-corrected chi connectivity index (χ3v) is 2.36. The molecule has 0 fully saturated rings. The number of nitrogens with one attached hydrogen (secondary N) is 1. The first-order chi connectivity index (χ1) is 7.77. The van der Waals surface area contributed by atoms with Crippen LogP contribution in [0.3, 0.4) is 0 Å². The van der Waals surface area contributed by atoms with E-state index >= 15 is 0 Å². The minimum absolute atomic E-state index is 0.818. The standard InChI is InChI=1S/C13H21N3/c1-4-7-14-11-12-6-8-15-13(10-12)16(3)9-5-2/h5-6,8,10,14H,2,4,7,9,11H2,1,3H3. The molecule has 0 saturated carbocycles. The van der Waals surface area contributed by atoms with E-state index in [2.05, 4.69) is 34.8 Å². The van der Waals surface area contributed by atoms with E-state index in [9.17, 15) is 0 Å². The maximum atomic E-state index is 4.34. The Bertz CT molecular complexity index is 323. The summed E-state index contributed by atoms with van der Waals surface area (Å²) in [6.45, 7) is 8.68. The molecule has 0 aliphatic rings. The highest BCUT2D eigenvalue weighted by molar-refractivity contribution is 5.40. The van der Waals surface area contributed by atoms with Crippen LogP contribution in [0.15, 0.2) is 31.0 Å². The summed E-state index contributed by atoms with van der Waals surface area (Å²) in [6.07, 6.45) is 4.90. The van der Waals surface area contributed by atoms with Crippen LogP contribution in [0.1, 0.15) is 18.9 Å². The molecule has 1 aromatic heterocycles. The van der Waals surface area contributed by atoms with Gasteiger partial charge in [-0.1, -0.05) is 13.0 Å². The molecule has 0 atom stereocenters. The van der Waals surface area contributed by atoms with Crippen molar-refractivity contribution in [2.24, 2.45) is 0 Å². The number of likely N-dealkylation sites (N-methyl/N-ethyl adjacent to an activating group) is 1. The van der Waals surface area contributed by atoms with Crippen LogP contribution >= 0.6 is 0 Å². The molecule has 16 heavy (non-hydrogen) atoms. The largest absolute Gasteiger partial charge is 0.356 e. The Balaban J connectivity index is 2.59. The van der Waals surface area contributed by atoms with E-state index in [0.717, 1.165) is 31.9 Å². The average molecular weight is 219 g/mol. The summed E-state index contributed by atoms with van der Waals surface area (Å²) in [5.41, 5.74) is 1.27. The van der Waals surface area contributed by atoms with Gasteiger partial charge in [-0.25, -0.2) is 4.98 Å². The zero-order valence-corrected chi connectivity index (χ0v) is 10.2. The highest BCUT2D eigenvalue weighted by Gasteiger charge is 2.01. The van der Waals surface area contributed by atoms with Crippen molar-refractivity contribution in [3.63, 3.8) is 0 Å². The Morgan fingerprint density at radius 1 is 1.56 bits per heavy atom. The molecule has 3 nitrogen and oxygen atoms in total. The van der Waals surface area contributed by atoms with Gasteiger partial charge in [0.15, 0.2) is 0 Å². The molecule has 0 aliphatic heterocycles. The second kappa shape index (κ2) is 7.01. The van der Waals surface area contributed by atoms with Crippen molar-refractivity contribution in [1.29, 1.82) is 0 Å². The fraction of sp³-hybridized carbons (Fsp3) is 0.462. The number of aromatic nitrogens is 1. The maximum absolute atomic E-state index is 4.34. The molecule has 0 saturated heterocycles.